The van der Waals surface area contributed by atoms with Crippen LogP contribution in [-0.2, 0) is 4.79 Å². The van der Waals surface area contributed by atoms with E-state index in [1.807, 2.05) is 43.0 Å². The van der Waals surface area contributed by atoms with E-state index < -0.39 is 0 Å². The molecule has 1 fully saturated rings. The molecule has 1 aromatic heterocycles. The van der Waals surface area contributed by atoms with Gasteiger partial charge in [0.05, 0.1) is 6.20 Å². The van der Waals surface area contributed by atoms with Crippen LogP contribution in [0, 0.1) is 6.92 Å². The Morgan fingerprint density at radius 2 is 2.22 bits per heavy atom. The standard InChI is InChI=1S/C16H19N3O2S.ClH/c1-11-18-9-15(21-11)12-2-4-13(5-3-12)19-16(20)8-14-10-22-7-6-17-14;/h2-5,9,14,17H,6-8,10H2,1H3,(H,19,20);1H. The Morgan fingerprint density at radius 1 is 1.43 bits per heavy atom. The smallest absolute Gasteiger partial charge is 0.225 e. The monoisotopic (exact) mass is 353 g/mol. The molecule has 124 valence electrons. The zero-order valence-electron chi connectivity index (χ0n) is 12.9. The number of aromatic nitrogens is 1. The molecule has 1 amide bonds. The number of hydrogen-bond donors (Lipinski definition) is 2. The molecule has 2 N–H and O–H groups in total. The molecule has 1 saturated heterocycles. The molecule has 0 bridgehead atoms. The molecule has 1 aliphatic heterocycles. The third-order valence-corrected chi connectivity index (χ3v) is 4.64. The van der Waals surface area contributed by atoms with Crippen LogP contribution >= 0.6 is 24.2 Å². The van der Waals surface area contributed by atoms with E-state index in [2.05, 4.69) is 15.6 Å². The van der Waals surface area contributed by atoms with Gasteiger partial charge >= 0.3 is 0 Å². The largest absolute Gasteiger partial charge is 0.441 e. The minimum absolute atomic E-state index is 0. The molecule has 2 heterocycles. The number of aryl methyl sites for hydroxylation is 1. The number of carbonyl (C=O) groups excluding carboxylic acids is 1. The number of carbonyl (C=O) groups is 1. The fraction of sp³-hybridized carbons (Fsp3) is 0.375. The summed E-state index contributed by atoms with van der Waals surface area (Å²) in [6.07, 6.45) is 2.21. The number of benzene rings is 1. The minimum atomic E-state index is 0. The van der Waals surface area contributed by atoms with Gasteiger partial charge in [-0.05, 0) is 24.3 Å². The molecule has 0 saturated carbocycles. The molecule has 7 heteroatoms. The first-order valence-corrected chi connectivity index (χ1v) is 8.50. The summed E-state index contributed by atoms with van der Waals surface area (Å²) in [6.45, 7) is 2.80. The average Bonchev–Trinajstić information content (AvgIpc) is 2.95. The lowest BCUT2D eigenvalue weighted by molar-refractivity contribution is -0.116. The lowest BCUT2D eigenvalue weighted by Crippen LogP contribution is -2.39. The van der Waals surface area contributed by atoms with Gasteiger partial charge in [0.15, 0.2) is 11.7 Å². The maximum absolute atomic E-state index is 12.1. The van der Waals surface area contributed by atoms with Crippen LogP contribution in [0.1, 0.15) is 12.3 Å². The number of oxazole rings is 1. The van der Waals surface area contributed by atoms with Gasteiger partial charge in [-0.25, -0.2) is 4.98 Å². The van der Waals surface area contributed by atoms with Crippen molar-refractivity contribution in [1.29, 1.82) is 0 Å². The molecule has 0 spiro atoms. The second-order valence-corrected chi connectivity index (χ2v) is 6.45. The molecule has 5 nitrogen and oxygen atoms in total. The summed E-state index contributed by atoms with van der Waals surface area (Å²) in [5.41, 5.74) is 1.75. The quantitative estimate of drug-likeness (QED) is 0.884. The summed E-state index contributed by atoms with van der Waals surface area (Å²) in [6, 6.07) is 7.88. The molecule has 1 aromatic carbocycles. The van der Waals surface area contributed by atoms with Gasteiger partial charge in [-0.2, -0.15) is 11.8 Å². The lowest BCUT2D eigenvalue weighted by Gasteiger charge is -2.22. The number of halogens is 1. The van der Waals surface area contributed by atoms with Crippen molar-refractivity contribution in [1.82, 2.24) is 10.3 Å². The van der Waals surface area contributed by atoms with Crippen molar-refractivity contribution < 1.29 is 9.21 Å². The summed E-state index contributed by atoms with van der Waals surface area (Å²) in [5, 5.41) is 6.31. The van der Waals surface area contributed by atoms with Gasteiger partial charge in [0.25, 0.3) is 0 Å². The van der Waals surface area contributed by atoms with Crippen LogP contribution in [0.15, 0.2) is 34.9 Å². The highest BCUT2D eigenvalue weighted by Gasteiger charge is 2.16. The predicted molar refractivity (Wildman–Crippen MR) is 96.3 cm³/mol. The van der Waals surface area contributed by atoms with Crippen molar-refractivity contribution in [3.05, 3.63) is 36.4 Å². The van der Waals surface area contributed by atoms with Gasteiger partial charge in [0, 0.05) is 48.7 Å². The second kappa shape index (κ2) is 8.38. The molecule has 1 atom stereocenters. The van der Waals surface area contributed by atoms with E-state index in [0.29, 0.717) is 12.3 Å². The maximum Gasteiger partial charge on any atom is 0.225 e. The number of anilines is 1. The van der Waals surface area contributed by atoms with Gasteiger partial charge in [-0.15, -0.1) is 12.4 Å². The Kier molecular flexibility index (Phi) is 6.50. The van der Waals surface area contributed by atoms with Crippen molar-refractivity contribution >= 4 is 35.8 Å². The first-order chi connectivity index (χ1) is 10.7. The Morgan fingerprint density at radius 3 is 2.83 bits per heavy atom. The molecule has 2 aromatic rings. The molecule has 0 radical (unpaired) electrons. The van der Waals surface area contributed by atoms with E-state index in [1.54, 1.807) is 6.20 Å². The number of amides is 1. The van der Waals surface area contributed by atoms with Gasteiger partial charge in [0.1, 0.15) is 0 Å². The Balaban J connectivity index is 0.00000192. The normalized spacial score (nSPS) is 17.3. The van der Waals surface area contributed by atoms with Crippen LogP contribution in [0.25, 0.3) is 11.3 Å². The molecular formula is C16H20ClN3O2S. The number of nitrogens with one attached hydrogen (secondary N) is 2. The van der Waals surface area contributed by atoms with E-state index in [0.717, 1.165) is 35.1 Å². The third kappa shape index (κ3) is 4.99. The Hall–Kier alpha value is -1.50. The highest BCUT2D eigenvalue weighted by molar-refractivity contribution is 7.99. The summed E-state index contributed by atoms with van der Waals surface area (Å²) < 4.78 is 5.48. The summed E-state index contributed by atoms with van der Waals surface area (Å²) in [7, 11) is 0. The van der Waals surface area contributed by atoms with Gasteiger partial charge in [-0.3, -0.25) is 4.79 Å². The first-order valence-electron chi connectivity index (χ1n) is 7.34. The highest BCUT2D eigenvalue weighted by Crippen LogP contribution is 2.22. The fourth-order valence-electron chi connectivity index (χ4n) is 2.40. The highest BCUT2D eigenvalue weighted by atomic mass is 35.5. The van der Waals surface area contributed by atoms with E-state index in [4.69, 9.17) is 4.42 Å². The SMILES string of the molecule is Cc1ncc(-c2ccc(NC(=O)CC3CSCCN3)cc2)o1.Cl. The van der Waals surface area contributed by atoms with E-state index in [-0.39, 0.29) is 24.4 Å². The van der Waals surface area contributed by atoms with Gasteiger partial charge in [-0.1, -0.05) is 0 Å². The third-order valence-electron chi connectivity index (χ3n) is 3.50. The van der Waals surface area contributed by atoms with Crippen LogP contribution in [-0.4, -0.2) is 35.0 Å². The zero-order chi connectivity index (χ0) is 15.4. The second-order valence-electron chi connectivity index (χ2n) is 5.30. The summed E-state index contributed by atoms with van der Waals surface area (Å²) >= 11 is 1.89. The molecule has 3 rings (SSSR count). The van der Waals surface area contributed by atoms with Gasteiger partial charge < -0.3 is 15.1 Å². The van der Waals surface area contributed by atoms with Crippen molar-refractivity contribution in [2.45, 2.75) is 19.4 Å². The fourth-order valence-corrected chi connectivity index (χ4v) is 3.35. The summed E-state index contributed by atoms with van der Waals surface area (Å²) in [5.74, 6) is 3.55. The minimum Gasteiger partial charge on any atom is -0.441 e. The Bertz CT molecular complexity index is 639. The predicted octanol–water partition coefficient (Wildman–Crippen LogP) is 3.11. The number of rotatable bonds is 4. The average molecular weight is 354 g/mol. The van der Waals surface area contributed by atoms with Gasteiger partial charge in [0.2, 0.25) is 5.91 Å². The van der Waals surface area contributed by atoms with Crippen molar-refractivity contribution in [3.63, 3.8) is 0 Å². The topological polar surface area (TPSA) is 67.2 Å². The molecular weight excluding hydrogens is 334 g/mol. The van der Waals surface area contributed by atoms with Crippen LogP contribution in [0.5, 0.6) is 0 Å². The van der Waals surface area contributed by atoms with Crippen LogP contribution in [0.2, 0.25) is 0 Å². The van der Waals surface area contributed by atoms with Crippen LogP contribution in [0.3, 0.4) is 0 Å². The number of hydrogen-bond acceptors (Lipinski definition) is 5. The Labute approximate surface area is 146 Å². The number of nitrogens with zero attached hydrogens (tertiary/aromatic N) is 1. The van der Waals surface area contributed by atoms with Crippen molar-refractivity contribution in [2.24, 2.45) is 0 Å². The first kappa shape index (κ1) is 17.8. The lowest BCUT2D eigenvalue weighted by atomic mass is 10.1. The summed E-state index contributed by atoms with van der Waals surface area (Å²) in [4.78, 5) is 16.1. The van der Waals surface area contributed by atoms with E-state index >= 15 is 0 Å². The van der Waals surface area contributed by atoms with E-state index in [1.165, 1.54) is 0 Å². The number of thioether (sulfide) groups is 1. The van der Waals surface area contributed by atoms with Crippen LogP contribution < -0.4 is 10.6 Å². The van der Waals surface area contributed by atoms with E-state index in [9.17, 15) is 4.79 Å². The van der Waals surface area contributed by atoms with Crippen LogP contribution in [0.4, 0.5) is 5.69 Å². The van der Waals surface area contributed by atoms with Crippen molar-refractivity contribution in [3.8, 4) is 11.3 Å². The molecule has 23 heavy (non-hydrogen) atoms. The molecule has 1 aliphatic rings. The molecule has 1 unspecified atom stereocenters. The maximum atomic E-state index is 12.1. The van der Waals surface area contributed by atoms with Crippen molar-refractivity contribution in [2.75, 3.05) is 23.4 Å². The zero-order valence-corrected chi connectivity index (χ0v) is 14.5. The molecule has 0 aliphatic carbocycles.